The Morgan fingerprint density at radius 3 is 1.73 bits per heavy atom. The third-order valence-electron chi connectivity index (χ3n) is 4.78. The molecule has 0 radical (unpaired) electrons. The molecule has 0 aliphatic rings. The first-order valence-electron chi connectivity index (χ1n) is 10.5. The summed E-state index contributed by atoms with van der Waals surface area (Å²) in [6, 6.07) is 0. The SMILES string of the molecule is CCCCCCCCCCCCCC(=O)OCCOC(C)[N+](C)(C)C.[I-]. The minimum absolute atomic E-state index is 0. The zero-order valence-electron chi connectivity index (χ0n) is 18.0. The number of rotatable bonds is 17. The Kier molecular flexibility index (Phi) is 20.1. The van der Waals surface area contributed by atoms with E-state index in [4.69, 9.17) is 9.47 Å². The number of unbranched alkanes of at least 4 members (excludes halogenated alkanes) is 10. The van der Waals surface area contributed by atoms with Gasteiger partial charge in [0.1, 0.15) is 6.61 Å². The maximum atomic E-state index is 11.7. The molecule has 1 atom stereocenters. The minimum atomic E-state index is -0.0857. The summed E-state index contributed by atoms with van der Waals surface area (Å²) in [5.41, 5.74) is 0. The predicted octanol–water partition coefficient (Wildman–Crippen LogP) is 2.30. The average molecular weight is 485 g/mol. The van der Waals surface area contributed by atoms with Gasteiger partial charge in [-0.3, -0.25) is 4.79 Å². The number of nitrogens with zero attached hydrogens (tertiary/aromatic N) is 1. The summed E-state index contributed by atoms with van der Waals surface area (Å²) in [4.78, 5) is 11.7. The molecule has 158 valence electrons. The quantitative estimate of drug-likeness (QED) is 0.104. The summed E-state index contributed by atoms with van der Waals surface area (Å²) in [6.45, 7) is 5.13. The van der Waals surface area contributed by atoms with E-state index in [-0.39, 0.29) is 36.2 Å². The van der Waals surface area contributed by atoms with Gasteiger partial charge < -0.3 is 37.9 Å². The molecule has 26 heavy (non-hydrogen) atoms. The maximum Gasteiger partial charge on any atom is 0.305 e. The summed E-state index contributed by atoms with van der Waals surface area (Å²) < 4.78 is 11.6. The highest BCUT2D eigenvalue weighted by molar-refractivity contribution is 5.69. The molecule has 5 heteroatoms. The van der Waals surface area contributed by atoms with Crippen molar-refractivity contribution in [1.29, 1.82) is 0 Å². The molecule has 0 fully saturated rings. The second kappa shape index (κ2) is 18.5. The normalized spacial score (nSPS) is 12.5. The van der Waals surface area contributed by atoms with E-state index >= 15 is 0 Å². The Morgan fingerprint density at radius 1 is 0.808 bits per heavy atom. The molecule has 0 N–H and O–H groups in total. The smallest absolute Gasteiger partial charge is 0.305 e. The van der Waals surface area contributed by atoms with Crippen molar-refractivity contribution in [2.75, 3.05) is 34.4 Å². The fraction of sp³-hybridized carbons (Fsp3) is 0.952. The minimum Gasteiger partial charge on any atom is -1.00 e. The molecule has 0 spiro atoms. The number of esters is 1. The van der Waals surface area contributed by atoms with Gasteiger partial charge in [-0.05, 0) is 6.42 Å². The van der Waals surface area contributed by atoms with Crippen LogP contribution in [0.3, 0.4) is 0 Å². The van der Waals surface area contributed by atoms with Crippen LogP contribution in [-0.4, -0.2) is 51.0 Å². The second-order valence-corrected chi connectivity index (χ2v) is 8.09. The van der Waals surface area contributed by atoms with Crippen LogP contribution in [0.15, 0.2) is 0 Å². The van der Waals surface area contributed by atoms with Gasteiger partial charge >= 0.3 is 5.97 Å². The summed E-state index contributed by atoms with van der Waals surface area (Å²) in [5.74, 6) is -0.0857. The Hall–Kier alpha value is 0.120. The molecule has 0 aliphatic carbocycles. The Morgan fingerprint density at radius 2 is 1.27 bits per heavy atom. The topological polar surface area (TPSA) is 35.5 Å². The fourth-order valence-corrected chi connectivity index (χ4v) is 2.60. The van der Waals surface area contributed by atoms with Crippen molar-refractivity contribution in [3.05, 3.63) is 0 Å². The number of quaternary nitrogens is 1. The summed E-state index contributed by atoms with van der Waals surface area (Å²) in [7, 11) is 6.26. The third-order valence-corrected chi connectivity index (χ3v) is 4.78. The van der Waals surface area contributed by atoms with E-state index in [0.717, 1.165) is 17.3 Å². The van der Waals surface area contributed by atoms with E-state index in [9.17, 15) is 4.79 Å². The van der Waals surface area contributed by atoms with Crippen LogP contribution in [0.2, 0.25) is 0 Å². The molecule has 0 aromatic rings. The van der Waals surface area contributed by atoms with Crippen LogP contribution in [0.4, 0.5) is 0 Å². The molecule has 0 rings (SSSR count). The van der Waals surface area contributed by atoms with Gasteiger partial charge in [-0.1, -0.05) is 71.1 Å². The molecule has 0 bridgehead atoms. The van der Waals surface area contributed by atoms with E-state index in [1.165, 1.54) is 57.8 Å². The molecule has 4 nitrogen and oxygen atoms in total. The van der Waals surface area contributed by atoms with Gasteiger partial charge in [-0.15, -0.1) is 0 Å². The fourth-order valence-electron chi connectivity index (χ4n) is 2.60. The zero-order valence-corrected chi connectivity index (χ0v) is 20.2. The molecule has 0 saturated carbocycles. The Balaban J connectivity index is 0. The molecule has 0 aromatic heterocycles. The van der Waals surface area contributed by atoms with Crippen LogP contribution in [0.5, 0.6) is 0 Å². The lowest BCUT2D eigenvalue weighted by Gasteiger charge is -2.30. The Labute approximate surface area is 180 Å². The lowest BCUT2D eigenvalue weighted by Crippen LogP contribution is -3.00. The monoisotopic (exact) mass is 485 g/mol. The number of ether oxygens (including phenoxy) is 2. The number of hydrogen-bond acceptors (Lipinski definition) is 3. The van der Waals surface area contributed by atoms with Crippen molar-refractivity contribution in [3.63, 3.8) is 0 Å². The first kappa shape index (κ1) is 28.3. The van der Waals surface area contributed by atoms with Crippen molar-refractivity contribution >= 4 is 5.97 Å². The lowest BCUT2D eigenvalue weighted by atomic mass is 10.1. The number of hydrogen-bond donors (Lipinski definition) is 0. The van der Waals surface area contributed by atoms with Crippen LogP contribution in [0.25, 0.3) is 0 Å². The molecule has 0 aromatic carbocycles. The summed E-state index contributed by atoms with van der Waals surface area (Å²) >= 11 is 0. The van der Waals surface area contributed by atoms with Gasteiger partial charge in [0, 0.05) is 13.3 Å². The molecule has 0 saturated heterocycles. The molecular weight excluding hydrogens is 441 g/mol. The van der Waals surface area contributed by atoms with Gasteiger partial charge in [0.2, 0.25) is 0 Å². The van der Waals surface area contributed by atoms with Crippen molar-refractivity contribution in [2.24, 2.45) is 0 Å². The van der Waals surface area contributed by atoms with E-state index in [2.05, 4.69) is 28.1 Å². The van der Waals surface area contributed by atoms with Crippen LogP contribution in [0.1, 0.15) is 90.9 Å². The molecule has 0 heterocycles. The van der Waals surface area contributed by atoms with E-state index < -0.39 is 0 Å². The predicted molar refractivity (Wildman–Crippen MR) is 105 cm³/mol. The number of carbonyl (C=O) groups excluding carboxylic acids is 1. The van der Waals surface area contributed by atoms with Gasteiger partial charge in [0.15, 0.2) is 6.23 Å². The van der Waals surface area contributed by atoms with Gasteiger partial charge in [-0.25, -0.2) is 0 Å². The van der Waals surface area contributed by atoms with Crippen molar-refractivity contribution < 1.29 is 42.7 Å². The van der Waals surface area contributed by atoms with Crippen LogP contribution >= 0.6 is 0 Å². The summed E-state index contributed by atoms with van der Waals surface area (Å²) in [5, 5.41) is 0. The van der Waals surface area contributed by atoms with Crippen molar-refractivity contribution in [2.45, 2.75) is 97.1 Å². The van der Waals surface area contributed by atoms with E-state index in [1.807, 2.05) is 6.92 Å². The average Bonchev–Trinajstić information content (AvgIpc) is 2.55. The van der Waals surface area contributed by atoms with Gasteiger partial charge in [0.25, 0.3) is 0 Å². The molecule has 0 aliphatic heterocycles. The molecule has 1 unspecified atom stereocenters. The number of carbonyl (C=O) groups is 1. The van der Waals surface area contributed by atoms with Crippen LogP contribution < -0.4 is 24.0 Å². The largest absolute Gasteiger partial charge is 1.00 e. The highest BCUT2D eigenvalue weighted by Crippen LogP contribution is 2.12. The first-order valence-corrected chi connectivity index (χ1v) is 10.5. The highest BCUT2D eigenvalue weighted by atomic mass is 127. The van der Waals surface area contributed by atoms with Crippen LogP contribution in [-0.2, 0) is 14.3 Å². The highest BCUT2D eigenvalue weighted by Gasteiger charge is 2.18. The van der Waals surface area contributed by atoms with E-state index in [1.54, 1.807) is 0 Å². The lowest BCUT2D eigenvalue weighted by molar-refractivity contribution is -0.917. The standard InChI is InChI=1S/C21H44NO3.HI/c1-6-7-8-9-10-11-12-13-14-15-16-17-21(23)25-19-18-24-20(2)22(3,4)5;/h20H,6-19H2,1-5H3;1H/q+1;/p-1. The van der Waals surface area contributed by atoms with Crippen molar-refractivity contribution in [1.82, 2.24) is 0 Å². The second-order valence-electron chi connectivity index (χ2n) is 8.09. The number of halogens is 1. The van der Waals surface area contributed by atoms with Crippen LogP contribution in [0, 0.1) is 0 Å². The third kappa shape index (κ3) is 18.9. The zero-order chi connectivity index (χ0) is 19.0. The van der Waals surface area contributed by atoms with Gasteiger partial charge in [-0.2, -0.15) is 0 Å². The molecular formula is C21H44INO3. The molecule has 0 amide bonds. The Bertz CT molecular complexity index is 319. The first-order chi connectivity index (χ1) is 11.9. The maximum absolute atomic E-state index is 11.7. The van der Waals surface area contributed by atoms with Gasteiger partial charge in [0.05, 0.1) is 27.7 Å². The van der Waals surface area contributed by atoms with Crippen molar-refractivity contribution in [3.8, 4) is 0 Å². The van der Waals surface area contributed by atoms with E-state index in [0.29, 0.717) is 19.6 Å². The summed E-state index contributed by atoms with van der Waals surface area (Å²) in [6.07, 6.45) is 14.9.